The highest BCUT2D eigenvalue weighted by Gasteiger charge is 2.53. The topological polar surface area (TPSA) is 122 Å². The number of fused-ring (bicyclic) bond motifs is 1. The number of sulfonamides is 1. The first kappa shape index (κ1) is 30.2. The van der Waals surface area contributed by atoms with Crippen LogP contribution in [0.5, 0.6) is 5.75 Å². The van der Waals surface area contributed by atoms with E-state index in [-0.39, 0.29) is 29.6 Å². The molecule has 0 radical (unpaired) electrons. The number of nitrogens with one attached hydrogen (secondary N) is 1. The lowest BCUT2D eigenvalue weighted by molar-refractivity contribution is -0.242. The fourth-order valence-electron chi connectivity index (χ4n) is 4.15. The summed E-state index contributed by atoms with van der Waals surface area (Å²) >= 11 is 0. The highest BCUT2D eigenvalue weighted by atomic mass is 32.2. The number of hydrogen-bond donors (Lipinski definition) is 2. The van der Waals surface area contributed by atoms with E-state index in [2.05, 4.69) is 4.74 Å². The number of rotatable bonds is 6. The number of hydrogen-bond acceptors (Lipinski definition) is 6. The number of alkyl halides is 6. The van der Waals surface area contributed by atoms with Crippen molar-refractivity contribution < 1.29 is 63.3 Å². The molecule has 0 bridgehead atoms. The third-order valence-corrected chi connectivity index (χ3v) is 8.37. The molecule has 0 saturated heterocycles. The van der Waals surface area contributed by atoms with Crippen molar-refractivity contribution >= 4 is 33.5 Å². The van der Waals surface area contributed by atoms with Gasteiger partial charge < -0.3 is 14.6 Å². The van der Waals surface area contributed by atoms with E-state index in [4.69, 9.17) is 4.74 Å². The van der Waals surface area contributed by atoms with Gasteiger partial charge in [0.1, 0.15) is 17.7 Å². The number of anilines is 2. The number of ether oxygens (including phenoxy) is 2. The maximum absolute atomic E-state index is 13.9. The molecule has 1 saturated carbocycles. The zero-order valence-corrected chi connectivity index (χ0v) is 21.8. The second-order valence-corrected chi connectivity index (χ2v) is 11.7. The molecule has 1 aliphatic heterocycles. The summed E-state index contributed by atoms with van der Waals surface area (Å²) in [4.78, 5) is 22.6. The van der Waals surface area contributed by atoms with Gasteiger partial charge in [0.2, 0.25) is 5.60 Å². The molecule has 2 aromatic carbocycles. The van der Waals surface area contributed by atoms with Gasteiger partial charge in [0.25, 0.3) is 10.0 Å². The van der Waals surface area contributed by atoms with Gasteiger partial charge in [0.05, 0.1) is 28.6 Å². The molecule has 1 aliphatic carbocycles. The van der Waals surface area contributed by atoms with Crippen LogP contribution < -0.4 is 14.4 Å². The lowest BCUT2D eigenvalue weighted by atomic mass is 10.1. The molecule has 4 rings (SSSR count). The molecule has 3 atom stereocenters. The van der Waals surface area contributed by atoms with Crippen molar-refractivity contribution in [2.75, 3.05) is 16.2 Å². The minimum Gasteiger partial charge on any atom is -0.486 e. The Morgan fingerprint density at radius 1 is 1.07 bits per heavy atom. The molecule has 3 unspecified atom stereocenters. The van der Waals surface area contributed by atoms with Gasteiger partial charge in [-0.05, 0) is 56.7 Å². The molecule has 9 nitrogen and oxygen atoms in total. The molecular formula is C24H21F7N2O7S. The van der Waals surface area contributed by atoms with Crippen molar-refractivity contribution in [3.8, 4) is 5.75 Å². The molecule has 2 aromatic rings. The van der Waals surface area contributed by atoms with Crippen molar-refractivity contribution in [1.29, 1.82) is 0 Å². The van der Waals surface area contributed by atoms with E-state index in [0.717, 1.165) is 18.2 Å². The van der Waals surface area contributed by atoms with Crippen LogP contribution in [0.3, 0.4) is 0 Å². The molecule has 1 amide bonds. The molecule has 2 aliphatic rings. The smallest absolute Gasteiger partial charge is 0.427 e. The van der Waals surface area contributed by atoms with Gasteiger partial charge in [-0.1, -0.05) is 0 Å². The molecule has 0 spiro atoms. The summed E-state index contributed by atoms with van der Waals surface area (Å²) < 4.78 is 131. The van der Waals surface area contributed by atoms with E-state index in [9.17, 15) is 53.8 Å². The molecule has 1 heterocycles. The largest absolute Gasteiger partial charge is 0.486 e. The van der Waals surface area contributed by atoms with Crippen LogP contribution in [0.15, 0.2) is 41.3 Å². The number of carbonyl (C=O) groups is 2. The summed E-state index contributed by atoms with van der Waals surface area (Å²) in [7, 11) is -4.90. The van der Waals surface area contributed by atoms with Crippen LogP contribution in [0.25, 0.3) is 0 Å². The fraction of sp³-hybridized carbons (Fsp3) is 0.417. The SMILES string of the molecule is CC(C)(OC(=O)Nc1ccc2c(c1)N(S(=O)(=O)c1ccc(F)c(C(F)(F)F)c1)CC(C1CC1C(=O)O)O2)C(F)(F)F. The number of nitrogens with zero attached hydrogens (tertiary/aromatic N) is 1. The molecule has 224 valence electrons. The first-order chi connectivity index (χ1) is 18.7. The van der Waals surface area contributed by atoms with E-state index in [1.165, 1.54) is 0 Å². The maximum Gasteiger partial charge on any atom is 0.427 e. The second kappa shape index (κ2) is 9.95. The predicted octanol–water partition coefficient (Wildman–Crippen LogP) is 5.41. The van der Waals surface area contributed by atoms with Gasteiger partial charge >= 0.3 is 24.4 Å². The van der Waals surface area contributed by atoms with Gasteiger partial charge in [0.15, 0.2) is 0 Å². The van der Waals surface area contributed by atoms with E-state index in [0.29, 0.717) is 30.3 Å². The summed E-state index contributed by atoms with van der Waals surface area (Å²) in [6.07, 6.45) is -12.6. The monoisotopic (exact) mass is 614 g/mol. The molecule has 1 fully saturated rings. The van der Waals surface area contributed by atoms with Crippen molar-refractivity contribution in [2.45, 2.75) is 49.2 Å². The van der Waals surface area contributed by atoms with Crippen LogP contribution in [-0.2, 0) is 25.7 Å². The normalized spacial score (nSPS) is 21.0. The summed E-state index contributed by atoms with van der Waals surface area (Å²) in [6.45, 7) is 0.626. The zero-order chi connectivity index (χ0) is 30.7. The van der Waals surface area contributed by atoms with Crippen LogP contribution in [-0.4, -0.2) is 50.0 Å². The summed E-state index contributed by atoms with van der Waals surface area (Å²) in [5.74, 6) is -4.55. The number of amides is 1. The lowest BCUT2D eigenvalue weighted by Gasteiger charge is -2.36. The number of aliphatic carboxylic acids is 1. The lowest BCUT2D eigenvalue weighted by Crippen LogP contribution is -2.45. The van der Waals surface area contributed by atoms with Crippen molar-refractivity contribution in [3.63, 3.8) is 0 Å². The van der Waals surface area contributed by atoms with Crippen molar-refractivity contribution in [3.05, 3.63) is 47.8 Å². The van der Waals surface area contributed by atoms with Crippen molar-refractivity contribution in [2.24, 2.45) is 11.8 Å². The minimum absolute atomic E-state index is 0.102. The summed E-state index contributed by atoms with van der Waals surface area (Å²) in [5.41, 5.74) is -5.33. The van der Waals surface area contributed by atoms with Gasteiger partial charge in [-0.25, -0.2) is 17.6 Å². The standard InChI is InChI=1S/C24H21F7N2O7S/c1-22(2,24(29,30)31)40-21(36)32-11-3-6-18-17(7-11)33(10-19(39-18)13-9-14(13)20(34)35)41(37,38)12-4-5-16(25)15(8-12)23(26,27)28/h3-8,13-14,19H,9-10H2,1-2H3,(H,32,36)(H,34,35). The number of halogens is 7. The minimum atomic E-state index is -5.23. The van der Waals surface area contributed by atoms with Gasteiger partial charge in [-0.2, -0.15) is 26.3 Å². The average Bonchev–Trinajstić information content (AvgIpc) is 3.63. The Morgan fingerprint density at radius 3 is 2.29 bits per heavy atom. The third-order valence-electron chi connectivity index (χ3n) is 6.59. The Labute approximate surface area is 227 Å². The Bertz CT molecular complexity index is 1490. The van der Waals surface area contributed by atoms with Crippen LogP contribution in [0.1, 0.15) is 25.8 Å². The van der Waals surface area contributed by atoms with E-state index < -0.39 is 80.8 Å². The Hall–Kier alpha value is -3.76. The number of benzene rings is 2. The zero-order valence-electron chi connectivity index (χ0n) is 21.0. The first-order valence-electron chi connectivity index (χ1n) is 11.7. The summed E-state index contributed by atoms with van der Waals surface area (Å²) in [5, 5.41) is 11.3. The quantitative estimate of drug-likeness (QED) is 0.418. The molecule has 0 aromatic heterocycles. The van der Waals surface area contributed by atoms with Crippen LogP contribution >= 0.6 is 0 Å². The maximum atomic E-state index is 13.9. The van der Waals surface area contributed by atoms with Gasteiger partial charge in [-0.15, -0.1) is 0 Å². The number of carbonyl (C=O) groups excluding carboxylic acids is 1. The molecule has 2 N–H and O–H groups in total. The second-order valence-electron chi connectivity index (χ2n) is 9.88. The number of carboxylic acid groups (broad SMARTS) is 1. The van der Waals surface area contributed by atoms with Crippen LogP contribution in [0, 0.1) is 17.7 Å². The average molecular weight is 614 g/mol. The third kappa shape index (κ3) is 5.99. The highest BCUT2D eigenvalue weighted by Crippen LogP contribution is 2.48. The van der Waals surface area contributed by atoms with Crippen LogP contribution in [0.4, 0.5) is 46.9 Å². The summed E-state index contributed by atoms with van der Waals surface area (Å²) in [6, 6.07) is 4.28. The first-order valence-corrected chi connectivity index (χ1v) is 13.2. The van der Waals surface area contributed by atoms with E-state index in [1.54, 1.807) is 0 Å². The fourth-order valence-corrected chi connectivity index (χ4v) is 5.66. The van der Waals surface area contributed by atoms with Gasteiger partial charge in [0, 0.05) is 11.6 Å². The molecular weight excluding hydrogens is 593 g/mol. The Balaban J connectivity index is 1.72. The van der Waals surface area contributed by atoms with Gasteiger partial charge in [-0.3, -0.25) is 14.4 Å². The predicted molar refractivity (Wildman–Crippen MR) is 126 cm³/mol. The van der Waals surface area contributed by atoms with E-state index in [1.807, 2.05) is 5.32 Å². The molecule has 17 heteroatoms. The number of carboxylic acids is 1. The van der Waals surface area contributed by atoms with Crippen molar-refractivity contribution in [1.82, 2.24) is 0 Å². The van der Waals surface area contributed by atoms with Crippen LogP contribution in [0.2, 0.25) is 0 Å². The highest BCUT2D eigenvalue weighted by molar-refractivity contribution is 7.92. The van der Waals surface area contributed by atoms with E-state index >= 15 is 0 Å². The Morgan fingerprint density at radius 2 is 1.73 bits per heavy atom. The molecule has 41 heavy (non-hydrogen) atoms. The Kier molecular flexibility index (Phi) is 7.33.